The average Bonchev–Trinajstić information content (AvgIpc) is 3.00. The molecule has 2 heterocycles. The highest BCUT2D eigenvalue weighted by atomic mass is 16.5. The van der Waals surface area contributed by atoms with E-state index in [0.717, 1.165) is 0 Å². The van der Waals surface area contributed by atoms with Crippen molar-refractivity contribution in [3.05, 3.63) is 30.5 Å². The minimum Gasteiger partial charge on any atom is -0.507 e. The summed E-state index contributed by atoms with van der Waals surface area (Å²) in [5, 5.41) is 23.3. The topological polar surface area (TPSA) is 101 Å². The standard InChI is InChI=1S/C10H7N5O2/c16-8-4-2-1-3-6(8)10-12-9(14-17-10)7-5-11-15-13-7/h1-5,16H,(H,11,13,15). The van der Waals surface area contributed by atoms with Crippen molar-refractivity contribution in [1.29, 1.82) is 0 Å². The summed E-state index contributed by atoms with van der Waals surface area (Å²) in [7, 11) is 0. The van der Waals surface area contributed by atoms with Crippen molar-refractivity contribution >= 4 is 0 Å². The molecule has 0 amide bonds. The first-order chi connectivity index (χ1) is 8.34. The fourth-order valence-electron chi connectivity index (χ4n) is 1.40. The number of hydrogen-bond acceptors (Lipinski definition) is 6. The van der Waals surface area contributed by atoms with E-state index in [-0.39, 0.29) is 11.6 Å². The first kappa shape index (κ1) is 9.52. The van der Waals surface area contributed by atoms with Crippen LogP contribution in [0.25, 0.3) is 23.0 Å². The molecule has 2 aromatic heterocycles. The summed E-state index contributed by atoms with van der Waals surface area (Å²) in [4.78, 5) is 4.12. The first-order valence-electron chi connectivity index (χ1n) is 4.83. The summed E-state index contributed by atoms with van der Waals surface area (Å²) in [6, 6.07) is 6.73. The van der Waals surface area contributed by atoms with Gasteiger partial charge in [0, 0.05) is 0 Å². The first-order valence-corrected chi connectivity index (χ1v) is 4.83. The Morgan fingerprint density at radius 1 is 1.24 bits per heavy atom. The van der Waals surface area contributed by atoms with Crippen molar-refractivity contribution in [3.8, 4) is 28.7 Å². The number of rotatable bonds is 2. The molecule has 0 bridgehead atoms. The molecular formula is C10H7N5O2. The highest BCUT2D eigenvalue weighted by Gasteiger charge is 2.14. The summed E-state index contributed by atoms with van der Waals surface area (Å²) >= 11 is 0. The van der Waals surface area contributed by atoms with E-state index in [1.54, 1.807) is 24.3 Å². The van der Waals surface area contributed by atoms with Gasteiger partial charge in [-0.15, -0.1) is 0 Å². The van der Waals surface area contributed by atoms with Crippen LogP contribution in [-0.2, 0) is 0 Å². The summed E-state index contributed by atoms with van der Waals surface area (Å²) in [5.41, 5.74) is 0.963. The molecule has 17 heavy (non-hydrogen) atoms. The number of hydrogen-bond donors (Lipinski definition) is 2. The summed E-state index contributed by atoms with van der Waals surface area (Å²) in [5.74, 6) is 0.640. The molecule has 7 nitrogen and oxygen atoms in total. The second-order valence-corrected chi connectivity index (χ2v) is 3.30. The number of nitrogens with one attached hydrogen (secondary N) is 1. The minimum atomic E-state index is 0.0860. The molecule has 3 rings (SSSR count). The van der Waals surface area contributed by atoms with Gasteiger partial charge in [0.05, 0.1) is 11.8 Å². The van der Waals surface area contributed by atoms with E-state index in [2.05, 4.69) is 25.6 Å². The molecule has 0 unspecified atom stereocenters. The van der Waals surface area contributed by atoms with E-state index in [4.69, 9.17) is 4.52 Å². The molecule has 0 radical (unpaired) electrons. The molecule has 7 heteroatoms. The molecule has 3 aromatic rings. The van der Waals surface area contributed by atoms with Crippen LogP contribution in [-0.4, -0.2) is 30.7 Å². The van der Waals surface area contributed by atoms with E-state index in [1.807, 2.05) is 0 Å². The van der Waals surface area contributed by atoms with Crippen molar-refractivity contribution in [2.75, 3.05) is 0 Å². The van der Waals surface area contributed by atoms with Gasteiger partial charge in [0.15, 0.2) is 5.69 Å². The van der Waals surface area contributed by atoms with Crippen LogP contribution in [0.5, 0.6) is 5.75 Å². The van der Waals surface area contributed by atoms with Crippen LogP contribution in [0.2, 0.25) is 0 Å². The third kappa shape index (κ3) is 1.63. The summed E-state index contributed by atoms with van der Waals surface area (Å²) in [6.07, 6.45) is 1.49. The van der Waals surface area contributed by atoms with E-state index in [1.165, 1.54) is 6.20 Å². The lowest BCUT2D eigenvalue weighted by atomic mass is 10.2. The largest absolute Gasteiger partial charge is 0.507 e. The van der Waals surface area contributed by atoms with Gasteiger partial charge in [-0.25, -0.2) is 0 Å². The fraction of sp³-hybridized carbons (Fsp3) is 0. The lowest BCUT2D eigenvalue weighted by Crippen LogP contribution is -1.81. The summed E-state index contributed by atoms with van der Waals surface area (Å²) in [6.45, 7) is 0. The van der Waals surface area contributed by atoms with Gasteiger partial charge in [0.2, 0.25) is 5.82 Å². The number of phenolic OH excluding ortho intramolecular Hbond substituents is 1. The van der Waals surface area contributed by atoms with Crippen LogP contribution in [0.15, 0.2) is 35.0 Å². The number of phenols is 1. The maximum Gasteiger partial charge on any atom is 0.262 e. The van der Waals surface area contributed by atoms with Crippen LogP contribution in [0.3, 0.4) is 0 Å². The Hall–Kier alpha value is -2.70. The smallest absolute Gasteiger partial charge is 0.262 e. The Balaban J connectivity index is 2.04. The van der Waals surface area contributed by atoms with Gasteiger partial charge < -0.3 is 9.63 Å². The molecule has 0 aliphatic carbocycles. The van der Waals surface area contributed by atoms with Crippen LogP contribution < -0.4 is 0 Å². The summed E-state index contributed by atoms with van der Waals surface area (Å²) < 4.78 is 5.05. The van der Waals surface area contributed by atoms with Gasteiger partial charge >= 0.3 is 0 Å². The van der Waals surface area contributed by atoms with E-state index >= 15 is 0 Å². The minimum absolute atomic E-state index is 0.0860. The molecule has 0 saturated heterocycles. The lowest BCUT2D eigenvalue weighted by Gasteiger charge is -1.96. The van der Waals surface area contributed by atoms with E-state index in [9.17, 15) is 5.11 Å². The molecule has 0 aliphatic heterocycles. The maximum atomic E-state index is 9.64. The number of aromatic nitrogens is 5. The molecular weight excluding hydrogens is 222 g/mol. The maximum absolute atomic E-state index is 9.64. The highest BCUT2D eigenvalue weighted by molar-refractivity contribution is 5.63. The van der Waals surface area contributed by atoms with E-state index < -0.39 is 0 Å². The predicted molar refractivity (Wildman–Crippen MR) is 56.8 cm³/mol. The average molecular weight is 229 g/mol. The third-order valence-electron chi connectivity index (χ3n) is 2.20. The molecule has 0 fully saturated rings. The molecule has 0 atom stereocenters. The van der Waals surface area contributed by atoms with Crippen LogP contribution in [0.4, 0.5) is 0 Å². The number of benzene rings is 1. The fourth-order valence-corrected chi connectivity index (χ4v) is 1.40. The Kier molecular flexibility index (Phi) is 2.08. The van der Waals surface area contributed by atoms with Crippen molar-refractivity contribution < 1.29 is 9.63 Å². The van der Waals surface area contributed by atoms with Crippen molar-refractivity contribution in [2.45, 2.75) is 0 Å². The van der Waals surface area contributed by atoms with Crippen molar-refractivity contribution in [1.82, 2.24) is 25.6 Å². The van der Waals surface area contributed by atoms with Gasteiger partial charge in [-0.05, 0) is 12.1 Å². The third-order valence-corrected chi connectivity index (χ3v) is 2.20. The molecule has 1 aromatic carbocycles. The lowest BCUT2D eigenvalue weighted by molar-refractivity contribution is 0.425. The Labute approximate surface area is 95.1 Å². The van der Waals surface area contributed by atoms with Gasteiger partial charge in [-0.1, -0.05) is 17.3 Å². The van der Waals surface area contributed by atoms with Crippen molar-refractivity contribution in [2.24, 2.45) is 0 Å². The zero-order valence-electron chi connectivity index (χ0n) is 8.53. The molecule has 84 valence electrons. The van der Waals surface area contributed by atoms with Gasteiger partial charge in [0.25, 0.3) is 5.89 Å². The van der Waals surface area contributed by atoms with Gasteiger partial charge in [-0.2, -0.15) is 20.4 Å². The van der Waals surface area contributed by atoms with Crippen LogP contribution in [0, 0.1) is 0 Å². The molecule has 0 aliphatic rings. The zero-order valence-corrected chi connectivity index (χ0v) is 8.53. The number of para-hydroxylation sites is 1. The van der Waals surface area contributed by atoms with Crippen LogP contribution in [0.1, 0.15) is 0 Å². The van der Waals surface area contributed by atoms with Gasteiger partial charge in [0.1, 0.15) is 5.75 Å². The quantitative estimate of drug-likeness (QED) is 0.685. The van der Waals surface area contributed by atoms with E-state index in [0.29, 0.717) is 17.1 Å². The molecule has 2 N–H and O–H groups in total. The van der Waals surface area contributed by atoms with Gasteiger partial charge in [-0.3, -0.25) is 0 Å². The Morgan fingerprint density at radius 3 is 2.88 bits per heavy atom. The second kappa shape index (κ2) is 3.71. The number of H-pyrrole nitrogens is 1. The Morgan fingerprint density at radius 2 is 2.12 bits per heavy atom. The van der Waals surface area contributed by atoms with Crippen LogP contribution >= 0.6 is 0 Å². The molecule has 0 spiro atoms. The Bertz CT molecular complexity index is 632. The zero-order chi connectivity index (χ0) is 11.7. The number of aromatic hydroxyl groups is 1. The molecule has 0 saturated carbocycles. The highest BCUT2D eigenvalue weighted by Crippen LogP contribution is 2.28. The monoisotopic (exact) mass is 229 g/mol. The van der Waals surface area contributed by atoms with Crippen molar-refractivity contribution in [3.63, 3.8) is 0 Å². The normalized spacial score (nSPS) is 10.6. The number of aromatic amines is 1. The second-order valence-electron chi connectivity index (χ2n) is 3.30. The SMILES string of the molecule is Oc1ccccc1-c1nc(-c2cn[nH]n2)no1. The predicted octanol–water partition coefficient (Wildman–Crippen LogP) is 1.23. The number of nitrogens with zero attached hydrogens (tertiary/aromatic N) is 4.